The van der Waals surface area contributed by atoms with Crippen LogP contribution in [0.1, 0.15) is 36.0 Å². The highest BCUT2D eigenvalue weighted by Gasteiger charge is 2.36. The molecule has 0 saturated carbocycles. The number of ether oxygens (including phenoxy) is 1. The molecule has 0 spiro atoms. The average molecular weight is 311 g/mol. The Morgan fingerprint density at radius 2 is 1.86 bits per heavy atom. The molecule has 2 fully saturated rings. The number of nitrogens with one attached hydrogen (secondary N) is 1. The molecule has 1 aromatic carbocycles. The van der Waals surface area contributed by atoms with E-state index in [1.165, 1.54) is 12.8 Å². The van der Waals surface area contributed by atoms with Crippen LogP contribution in [-0.2, 0) is 0 Å². The van der Waals surface area contributed by atoms with Crippen molar-refractivity contribution in [2.75, 3.05) is 14.2 Å². The van der Waals surface area contributed by atoms with E-state index >= 15 is 0 Å². The van der Waals surface area contributed by atoms with Crippen molar-refractivity contribution in [3.63, 3.8) is 0 Å². The van der Waals surface area contributed by atoms with Crippen LogP contribution in [0.5, 0.6) is 5.75 Å². The zero-order chi connectivity index (χ0) is 14.1. The molecule has 2 saturated heterocycles. The van der Waals surface area contributed by atoms with Gasteiger partial charge in [0, 0.05) is 25.2 Å². The van der Waals surface area contributed by atoms with E-state index in [2.05, 4.69) is 5.32 Å². The van der Waals surface area contributed by atoms with Gasteiger partial charge in [0.1, 0.15) is 5.75 Å². The van der Waals surface area contributed by atoms with Crippen LogP contribution in [-0.4, -0.2) is 43.1 Å². The second-order valence-corrected chi connectivity index (χ2v) is 5.88. The van der Waals surface area contributed by atoms with Gasteiger partial charge in [0.15, 0.2) is 0 Å². The molecule has 0 radical (unpaired) electrons. The molecule has 116 valence electrons. The average Bonchev–Trinajstić information content (AvgIpc) is 2.84. The van der Waals surface area contributed by atoms with E-state index < -0.39 is 0 Å². The zero-order valence-corrected chi connectivity index (χ0v) is 13.4. The highest BCUT2D eigenvalue weighted by Crippen LogP contribution is 2.30. The van der Waals surface area contributed by atoms with Crippen molar-refractivity contribution in [1.82, 2.24) is 10.2 Å². The van der Waals surface area contributed by atoms with Crippen LogP contribution in [0.15, 0.2) is 24.3 Å². The van der Waals surface area contributed by atoms with Gasteiger partial charge in [-0.2, -0.15) is 0 Å². The standard InChI is InChI=1S/C16H22N2O2.ClH/c1-18(13-9-11-7-8-12(10-13)17-11)16(19)14-5-3-4-6-15(14)20-2;/h3-6,11-13,17H,7-10H2,1-2H3;1H. The first-order chi connectivity index (χ1) is 9.69. The molecule has 2 aliphatic rings. The van der Waals surface area contributed by atoms with Gasteiger partial charge in [-0.1, -0.05) is 12.1 Å². The lowest BCUT2D eigenvalue weighted by Gasteiger charge is -2.35. The summed E-state index contributed by atoms with van der Waals surface area (Å²) in [6.07, 6.45) is 4.62. The predicted octanol–water partition coefficient (Wildman–Crippen LogP) is 2.47. The number of rotatable bonds is 3. The Kier molecular flexibility index (Phi) is 5.12. The summed E-state index contributed by atoms with van der Waals surface area (Å²) < 4.78 is 5.30. The van der Waals surface area contributed by atoms with Crippen molar-refractivity contribution in [3.8, 4) is 5.75 Å². The summed E-state index contributed by atoms with van der Waals surface area (Å²) in [7, 11) is 3.53. The normalized spacial score (nSPS) is 26.9. The van der Waals surface area contributed by atoms with Crippen molar-refractivity contribution < 1.29 is 9.53 Å². The molecular weight excluding hydrogens is 288 g/mol. The van der Waals surface area contributed by atoms with Gasteiger partial charge >= 0.3 is 0 Å². The lowest BCUT2D eigenvalue weighted by molar-refractivity contribution is 0.0678. The lowest BCUT2D eigenvalue weighted by atomic mass is 9.98. The number of fused-ring (bicyclic) bond motifs is 2. The maximum Gasteiger partial charge on any atom is 0.257 e. The smallest absolute Gasteiger partial charge is 0.257 e. The molecule has 3 rings (SSSR count). The van der Waals surface area contributed by atoms with Crippen LogP contribution in [0.2, 0.25) is 0 Å². The largest absolute Gasteiger partial charge is 0.496 e. The number of piperidine rings is 1. The number of benzene rings is 1. The van der Waals surface area contributed by atoms with Gasteiger partial charge in [-0.25, -0.2) is 0 Å². The first kappa shape index (κ1) is 16.1. The third kappa shape index (κ3) is 3.16. The summed E-state index contributed by atoms with van der Waals surface area (Å²) in [5, 5.41) is 3.61. The summed E-state index contributed by atoms with van der Waals surface area (Å²) in [6, 6.07) is 8.97. The molecule has 1 amide bonds. The molecule has 1 N–H and O–H groups in total. The van der Waals surface area contributed by atoms with Crippen molar-refractivity contribution in [3.05, 3.63) is 29.8 Å². The number of methoxy groups -OCH3 is 1. The third-order valence-electron chi connectivity index (χ3n) is 4.65. The number of nitrogens with zero attached hydrogens (tertiary/aromatic N) is 1. The minimum Gasteiger partial charge on any atom is -0.496 e. The first-order valence-corrected chi connectivity index (χ1v) is 7.35. The van der Waals surface area contributed by atoms with E-state index in [4.69, 9.17) is 4.74 Å². The molecule has 1 aromatic rings. The maximum absolute atomic E-state index is 12.7. The second kappa shape index (κ2) is 6.67. The van der Waals surface area contributed by atoms with Gasteiger partial charge in [-0.3, -0.25) is 4.79 Å². The Balaban J connectivity index is 0.00000161. The minimum atomic E-state index is 0. The number of amides is 1. The molecule has 5 heteroatoms. The molecular formula is C16H23ClN2O2. The van der Waals surface area contributed by atoms with Crippen LogP contribution in [0.4, 0.5) is 0 Å². The quantitative estimate of drug-likeness (QED) is 0.932. The number of carbonyl (C=O) groups excluding carboxylic acids is 1. The minimum absolute atomic E-state index is 0. The van der Waals surface area contributed by atoms with Crippen LogP contribution >= 0.6 is 12.4 Å². The van der Waals surface area contributed by atoms with Crippen LogP contribution in [0.3, 0.4) is 0 Å². The topological polar surface area (TPSA) is 41.6 Å². The molecule has 0 aliphatic carbocycles. The second-order valence-electron chi connectivity index (χ2n) is 5.88. The first-order valence-electron chi connectivity index (χ1n) is 7.35. The molecule has 2 atom stereocenters. The fraction of sp³-hybridized carbons (Fsp3) is 0.562. The van der Waals surface area contributed by atoms with Crippen molar-refractivity contribution in [2.24, 2.45) is 0 Å². The van der Waals surface area contributed by atoms with E-state index in [1.807, 2.05) is 36.2 Å². The molecule has 4 nitrogen and oxygen atoms in total. The highest BCUT2D eigenvalue weighted by atomic mass is 35.5. The van der Waals surface area contributed by atoms with Crippen LogP contribution in [0.25, 0.3) is 0 Å². The van der Waals surface area contributed by atoms with E-state index in [0.717, 1.165) is 12.8 Å². The summed E-state index contributed by atoms with van der Waals surface area (Å²) >= 11 is 0. The number of hydrogen-bond donors (Lipinski definition) is 1. The van der Waals surface area contributed by atoms with E-state index in [1.54, 1.807) is 7.11 Å². The van der Waals surface area contributed by atoms with Gasteiger partial charge in [-0.05, 0) is 37.8 Å². The van der Waals surface area contributed by atoms with E-state index in [0.29, 0.717) is 29.4 Å². The van der Waals surface area contributed by atoms with Crippen molar-refractivity contribution in [2.45, 2.75) is 43.8 Å². The Morgan fingerprint density at radius 3 is 2.48 bits per heavy atom. The Bertz CT molecular complexity index is 497. The predicted molar refractivity (Wildman–Crippen MR) is 85.3 cm³/mol. The molecule has 2 aliphatic heterocycles. The Morgan fingerprint density at radius 1 is 1.24 bits per heavy atom. The zero-order valence-electron chi connectivity index (χ0n) is 12.5. The summed E-state index contributed by atoms with van der Waals surface area (Å²) in [5.41, 5.74) is 0.656. The third-order valence-corrected chi connectivity index (χ3v) is 4.65. The Labute approximate surface area is 132 Å². The van der Waals surface area contributed by atoms with Gasteiger partial charge < -0.3 is 15.0 Å². The highest BCUT2D eigenvalue weighted by molar-refractivity contribution is 5.97. The summed E-state index contributed by atoms with van der Waals surface area (Å²) in [5.74, 6) is 0.718. The molecule has 0 aromatic heterocycles. The molecule has 21 heavy (non-hydrogen) atoms. The summed E-state index contributed by atoms with van der Waals surface area (Å²) in [6.45, 7) is 0. The lowest BCUT2D eigenvalue weighted by Crippen LogP contribution is -2.48. The van der Waals surface area contributed by atoms with Gasteiger partial charge in [-0.15, -0.1) is 12.4 Å². The number of halogens is 1. The van der Waals surface area contributed by atoms with E-state index in [-0.39, 0.29) is 18.3 Å². The number of para-hydroxylation sites is 1. The van der Waals surface area contributed by atoms with E-state index in [9.17, 15) is 4.79 Å². The fourth-order valence-electron chi connectivity index (χ4n) is 3.52. The summed E-state index contributed by atoms with van der Waals surface area (Å²) in [4.78, 5) is 14.6. The number of hydrogen-bond acceptors (Lipinski definition) is 3. The maximum atomic E-state index is 12.7. The SMILES string of the molecule is COc1ccccc1C(=O)N(C)C1CC2CCC(C1)N2.Cl. The fourth-order valence-corrected chi connectivity index (χ4v) is 3.52. The van der Waals surface area contributed by atoms with Crippen LogP contribution < -0.4 is 10.1 Å². The van der Waals surface area contributed by atoms with Crippen LogP contribution in [0, 0.1) is 0 Å². The molecule has 2 heterocycles. The Hall–Kier alpha value is -1.26. The van der Waals surface area contributed by atoms with Gasteiger partial charge in [0.2, 0.25) is 0 Å². The monoisotopic (exact) mass is 310 g/mol. The van der Waals surface area contributed by atoms with Gasteiger partial charge in [0.05, 0.1) is 12.7 Å². The number of carbonyl (C=O) groups is 1. The van der Waals surface area contributed by atoms with Crippen molar-refractivity contribution in [1.29, 1.82) is 0 Å². The molecule has 2 bridgehead atoms. The van der Waals surface area contributed by atoms with Gasteiger partial charge in [0.25, 0.3) is 5.91 Å². The van der Waals surface area contributed by atoms with Crippen molar-refractivity contribution >= 4 is 18.3 Å². The molecule has 2 unspecified atom stereocenters.